The van der Waals surface area contributed by atoms with Gasteiger partial charge >= 0.3 is 0 Å². The van der Waals surface area contributed by atoms with E-state index in [0.29, 0.717) is 17.3 Å². The van der Waals surface area contributed by atoms with Crippen molar-refractivity contribution in [1.82, 2.24) is 14.9 Å². The van der Waals surface area contributed by atoms with Crippen LogP contribution in [0.4, 0.5) is 5.69 Å². The summed E-state index contributed by atoms with van der Waals surface area (Å²) < 4.78 is 32.6. The molecule has 1 N–H and O–H groups in total. The molecule has 0 aliphatic carbocycles. The number of sulfonamides is 1. The Balaban J connectivity index is 1.75. The van der Waals surface area contributed by atoms with Crippen LogP contribution in [0.5, 0.6) is 0 Å². The first-order valence-electron chi connectivity index (χ1n) is 8.85. The van der Waals surface area contributed by atoms with Gasteiger partial charge in [-0.15, -0.1) is 0 Å². The summed E-state index contributed by atoms with van der Waals surface area (Å²) in [5, 5.41) is 14.8. The van der Waals surface area contributed by atoms with Gasteiger partial charge in [0.1, 0.15) is 0 Å². The molecule has 0 saturated carbocycles. The lowest BCUT2D eigenvalue weighted by atomic mass is 10.0. The summed E-state index contributed by atoms with van der Waals surface area (Å²) in [6.45, 7) is 5.51. The number of aromatic nitrogens is 2. The van der Waals surface area contributed by atoms with Crippen LogP contribution in [0.2, 0.25) is 0 Å². The number of nitro benzene ring substituents is 1. The number of non-ortho nitro benzene ring substituents is 1. The van der Waals surface area contributed by atoms with Gasteiger partial charge in [0.2, 0.25) is 21.7 Å². The molecular formula is C19H20N4O5S. The molecule has 0 radical (unpaired) electrons. The fraction of sp³-hybridized carbons (Fsp3) is 0.263. The first kappa shape index (κ1) is 20.6. The molecule has 0 bridgehead atoms. The molecule has 0 saturated heterocycles. The maximum Gasteiger partial charge on any atom is 0.270 e. The zero-order valence-corrected chi connectivity index (χ0v) is 16.9. The molecule has 0 spiro atoms. The van der Waals surface area contributed by atoms with Gasteiger partial charge in [0.15, 0.2) is 0 Å². The molecule has 0 aliphatic heterocycles. The molecule has 0 fully saturated rings. The lowest BCUT2D eigenvalue weighted by Crippen LogP contribution is -2.24. The second-order valence-corrected chi connectivity index (χ2v) is 8.56. The number of rotatable bonds is 7. The Morgan fingerprint density at radius 1 is 1.17 bits per heavy atom. The molecular weight excluding hydrogens is 396 g/mol. The Morgan fingerprint density at radius 2 is 1.86 bits per heavy atom. The van der Waals surface area contributed by atoms with Crippen molar-refractivity contribution in [2.24, 2.45) is 0 Å². The predicted octanol–water partition coefficient (Wildman–Crippen LogP) is 3.56. The van der Waals surface area contributed by atoms with Crippen LogP contribution < -0.4 is 4.72 Å². The molecule has 0 amide bonds. The molecule has 10 heteroatoms. The summed E-state index contributed by atoms with van der Waals surface area (Å²) in [4.78, 5) is 14.3. The van der Waals surface area contributed by atoms with Gasteiger partial charge in [-0.25, -0.2) is 13.1 Å². The summed E-state index contributed by atoms with van der Waals surface area (Å²) >= 11 is 0. The maximum absolute atomic E-state index is 12.6. The highest BCUT2D eigenvalue weighted by molar-refractivity contribution is 7.89. The van der Waals surface area contributed by atoms with Crippen molar-refractivity contribution in [3.63, 3.8) is 0 Å². The minimum atomic E-state index is -4.00. The quantitative estimate of drug-likeness (QED) is 0.460. The standard InChI is InChI=1S/C19H20N4O5S/c1-12(2)14-5-7-15(8-6-14)19-21-18(28-22-19)11-20-29(26,27)17-10-16(23(24)25)9-4-13(17)3/h4-10,12,20H,11H2,1-3H3. The Hall–Kier alpha value is -3.11. The Morgan fingerprint density at radius 3 is 2.48 bits per heavy atom. The highest BCUT2D eigenvalue weighted by Crippen LogP contribution is 2.23. The van der Waals surface area contributed by atoms with Crippen LogP contribution in [-0.4, -0.2) is 23.5 Å². The highest BCUT2D eigenvalue weighted by Gasteiger charge is 2.21. The van der Waals surface area contributed by atoms with Crippen LogP contribution in [0.25, 0.3) is 11.4 Å². The number of hydrogen-bond donors (Lipinski definition) is 1. The van der Waals surface area contributed by atoms with Gasteiger partial charge < -0.3 is 4.52 Å². The molecule has 0 aliphatic rings. The van der Waals surface area contributed by atoms with E-state index in [0.717, 1.165) is 11.6 Å². The van der Waals surface area contributed by atoms with Gasteiger partial charge in [0.25, 0.3) is 5.69 Å². The average molecular weight is 416 g/mol. The van der Waals surface area contributed by atoms with Crippen LogP contribution >= 0.6 is 0 Å². The topological polar surface area (TPSA) is 128 Å². The molecule has 152 valence electrons. The third-order valence-electron chi connectivity index (χ3n) is 4.39. The Labute approximate surface area is 168 Å². The van der Waals surface area contributed by atoms with Gasteiger partial charge in [-0.05, 0) is 24.0 Å². The molecule has 0 unspecified atom stereocenters. The van der Waals surface area contributed by atoms with E-state index >= 15 is 0 Å². The predicted molar refractivity (Wildman–Crippen MR) is 106 cm³/mol. The Bertz CT molecular complexity index is 1140. The van der Waals surface area contributed by atoms with Crippen molar-refractivity contribution < 1.29 is 17.9 Å². The van der Waals surface area contributed by atoms with Crippen LogP contribution in [0.1, 0.15) is 36.8 Å². The summed E-state index contributed by atoms with van der Waals surface area (Å²) in [6, 6.07) is 11.4. The van der Waals surface area contributed by atoms with Crippen molar-refractivity contribution in [3.8, 4) is 11.4 Å². The fourth-order valence-corrected chi connectivity index (χ4v) is 3.92. The number of aryl methyl sites for hydroxylation is 1. The summed E-state index contributed by atoms with van der Waals surface area (Å²) in [7, 11) is -4.00. The van der Waals surface area contributed by atoms with E-state index in [1.54, 1.807) is 6.92 Å². The van der Waals surface area contributed by atoms with Crippen molar-refractivity contribution in [1.29, 1.82) is 0 Å². The van der Waals surface area contributed by atoms with Crippen LogP contribution in [0.3, 0.4) is 0 Å². The summed E-state index contributed by atoms with van der Waals surface area (Å²) in [6.07, 6.45) is 0. The highest BCUT2D eigenvalue weighted by atomic mass is 32.2. The first-order chi connectivity index (χ1) is 13.7. The molecule has 2 aromatic carbocycles. The lowest BCUT2D eigenvalue weighted by molar-refractivity contribution is -0.385. The second kappa shape index (κ2) is 8.10. The van der Waals surface area contributed by atoms with Crippen LogP contribution in [0, 0.1) is 17.0 Å². The summed E-state index contributed by atoms with van der Waals surface area (Å²) in [5.41, 5.74) is 2.01. The van der Waals surface area contributed by atoms with E-state index in [4.69, 9.17) is 4.52 Å². The molecule has 1 aromatic heterocycles. The maximum atomic E-state index is 12.6. The van der Waals surface area contributed by atoms with Crippen molar-refractivity contribution in [3.05, 3.63) is 69.6 Å². The first-order valence-corrected chi connectivity index (χ1v) is 10.3. The number of nitrogens with zero attached hydrogens (tertiary/aromatic N) is 3. The molecule has 0 atom stereocenters. The Kier molecular flexibility index (Phi) is 5.76. The molecule has 9 nitrogen and oxygen atoms in total. The van der Waals surface area contributed by atoms with Gasteiger partial charge in [-0.2, -0.15) is 4.98 Å². The van der Waals surface area contributed by atoms with E-state index in [2.05, 4.69) is 28.7 Å². The normalized spacial score (nSPS) is 11.7. The monoisotopic (exact) mass is 416 g/mol. The largest absolute Gasteiger partial charge is 0.338 e. The minimum absolute atomic E-state index is 0.0830. The number of nitro groups is 1. The van der Waals surface area contributed by atoms with Crippen molar-refractivity contribution in [2.75, 3.05) is 0 Å². The van der Waals surface area contributed by atoms with E-state index in [9.17, 15) is 18.5 Å². The third-order valence-corrected chi connectivity index (χ3v) is 5.93. The van der Waals surface area contributed by atoms with Gasteiger partial charge in [-0.3, -0.25) is 10.1 Å². The molecule has 3 aromatic rings. The third kappa shape index (κ3) is 4.66. The van der Waals surface area contributed by atoms with E-state index in [1.807, 2.05) is 24.3 Å². The van der Waals surface area contributed by atoms with Gasteiger partial charge in [-0.1, -0.05) is 49.3 Å². The summed E-state index contributed by atoms with van der Waals surface area (Å²) in [5.74, 6) is 0.831. The fourth-order valence-electron chi connectivity index (χ4n) is 2.69. The van der Waals surface area contributed by atoms with Crippen molar-refractivity contribution >= 4 is 15.7 Å². The number of nitrogens with one attached hydrogen (secondary N) is 1. The molecule has 29 heavy (non-hydrogen) atoms. The van der Waals surface area contributed by atoms with Crippen molar-refractivity contribution in [2.45, 2.75) is 38.1 Å². The molecule has 1 heterocycles. The van der Waals surface area contributed by atoms with Gasteiger partial charge in [0.05, 0.1) is 16.4 Å². The zero-order chi connectivity index (χ0) is 21.2. The van der Waals surface area contributed by atoms with E-state index in [-0.39, 0.29) is 23.0 Å². The number of benzene rings is 2. The second-order valence-electron chi connectivity index (χ2n) is 6.82. The number of hydrogen-bond acceptors (Lipinski definition) is 7. The van der Waals surface area contributed by atoms with Crippen LogP contribution in [-0.2, 0) is 16.6 Å². The smallest absolute Gasteiger partial charge is 0.270 e. The minimum Gasteiger partial charge on any atom is -0.338 e. The SMILES string of the molecule is Cc1ccc([N+](=O)[O-])cc1S(=O)(=O)NCc1nc(-c2ccc(C(C)C)cc2)no1. The van der Waals surface area contributed by atoms with Crippen LogP contribution in [0.15, 0.2) is 51.9 Å². The zero-order valence-electron chi connectivity index (χ0n) is 16.1. The lowest BCUT2D eigenvalue weighted by Gasteiger charge is -2.07. The van der Waals surface area contributed by atoms with E-state index in [1.165, 1.54) is 17.7 Å². The molecule has 3 rings (SSSR count). The average Bonchev–Trinajstić information content (AvgIpc) is 3.15. The van der Waals surface area contributed by atoms with Gasteiger partial charge in [0, 0.05) is 17.7 Å². The van der Waals surface area contributed by atoms with E-state index < -0.39 is 14.9 Å².